The Morgan fingerprint density at radius 3 is 2.51 bits per heavy atom. The van der Waals surface area contributed by atoms with E-state index in [1.54, 1.807) is 41.8 Å². The number of carbonyl (C=O) groups excluding carboxylic acids is 2. The van der Waals surface area contributed by atoms with Crippen LogP contribution < -0.4 is 4.90 Å². The van der Waals surface area contributed by atoms with Crippen molar-refractivity contribution in [2.24, 2.45) is 0 Å². The number of aryl methyl sites for hydroxylation is 3. The minimum Gasteiger partial charge on any atom is -0.508 e. The fourth-order valence-corrected chi connectivity index (χ4v) is 6.16. The molecule has 0 bridgehead atoms. The highest BCUT2D eigenvalue weighted by molar-refractivity contribution is 7.22. The molecule has 2 aromatic carbocycles. The maximum atomic E-state index is 13.5. The number of carbonyl (C=O) groups is 2. The largest absolute Gasteiger partial charge is 0.508 e. The van der Waals surface area contributed by atoms with Crippen LogP contribution in [0.2, 0.25) is 0 Å². The van der Waals surface area contributed by atoms with Gasteiger partial charge in [0, 0.05) is 6.20 Å². The number of aromatic hydroxyl groups is 1. The second kappa shape index (κ2) is 8.28. The number of aromatic nitrogens is 3. The van der Waals surface area contributed by atoms with E-state index in [1.165, 1.54) is 28.4 Å². The molecule has 2 N–H and O–H groups in total. The highest BCUT2D eigenvalue weighted by atomic mass is 32.1. The van der Waals surface area contributed by atoms with E-state index in [2.05, 4.69) is 4.98 Å². The van der Waals surface area contributed by atoms with Crippen LogP contribution in [0.3, 0.4) is 0 Å². The van der Waals surface area contributed by atoms with Crippen LogP contribution >= 0.6 is 11.3 Å². The third-order valence-corrected chi connectivity index (χ3v) is 7.61. The maximum absolute atomic E-state index is 13.5. The van der Waals surface area contributed by atoms with Crippen molar-refractivity contribution in [3.05, 3.63) is 94.4 Å². The van der Waals surface area contributed by atoms with Gasteiger partial charge in [-0.1, -0.05) is 35.6 Å². The van der Waals surface area contributed by atoms with Gasteiger partial charge >= 0.3 is 5.91 Å². The van der Waals surface area contributed by atoms with E-state index in [0.717, 1.165) is 21.3 Å². The molecule has 0 aliphatic carbocycles. The third-order valence-electron chi connectivity index (χ3n) is 6.61. The Bertz CT molecular complexity index is 1780. The lowest BCUT2D eigenvalue weighted by Gasteiger charge is -2.23. The molecule has 0 spiro atoms. The lowest BCUT2D eigenvalue weighted by Crippen LogP contribution is -2.29. The van der Waals surface area contributed by atoms with E-state index in [1.807, 2.05) is 32.0 Å². The summed E-state index contributed by atoms with van der Waals surface area (Å²) < 4.78 is 2.59. The van der Waals surface area contributed by atoms with Crippen LogP contribution in [-0.4, -0.2) is 36.3 Å². The molecule has 0 saturated carbocycles. The quantitative estimate of drug-likeness (QED) is 0.196. The number of Topliss-reactive ketones (excluding diaryl/α,β-unsaturated/α-hetero) is 1. The lowest BCUT2D eigenvalue weighted by molar-refractivity contribution is -0.132. The van der Waals surface area contributed by atoms with E-state index in [0.29, 0.717) is 27.7 Å². The van der Waals surface area contributed by atoms with Crippen LogP contribution in [0.4, 0.5) is 5.13 Å². The van der Waals surface area contributed by atoms with Gasteiger partial charge in [0.25, 0.3) is 5.78 Å². The highest BCUT2D eigenvalue weighted by Gasteiger charge is 2.48. The van der Waals surface area contributed by atoms with Crippen LogP contribution in [0.25, 0.3) is 21.6 Å². The zero-order valence-electron chi connectivity index (χ0n) is 20.3. The minimum atomic E-state index is -0.948. The molecule has 1 atom stereocenters. The van der Waals surface area contributed by atoms with E-state index >= 15 is 0 Å². The van der Waals surface area contributed by atoms with Gasteiger partial charge in [-0.2, -0.15) is 0 Å². The van der Waals surface area contributed by atoms with Crippen LogP contribution in [0.5, 0.6) is 5.75 Å². The van der Waals surface area contributed by atoms with E-state index in [9.17, 15) is 19.8 Å². The smallest absolute Gasteiger partial charge is 0.301 e. The lowest BCUT2D eigenvalue weighted by atomic mass is 9.96. The molecule has 1 amide bonds. The summed E-state index contributed by atoms with van der Waals surface area (Å²) in [6.45, 7) is 5.69. The summed E-state index contributed by atoms with van der Waals surface area (Å²) >= 11 is 1.32. The van der Waals surface area contributed by atoms with Crippen molar-refractivity contribution in [3.63, 3.8) is 0 Å². The molecular formula is C28H22N4O4S. The molecule has 9 heteroatoms. The van der Waals surface area contributed by atoms with Crippen molar-refractivity contribution in [1.29, 1.82) is 0 Å². The number of rotatable bonds is 3. The number of thiazole rings is 1. The number of ketones is 1. The fourth-order valence-electron chi connectivity index (χ4n) is 4.99. The molecule has 1 aliphatic heterocycles. The van der Waals surface area contributed by atoms with Crippen LogP contribution in [0.15, 0.2) is 66.4 Å². The summed E-state index contributed by atoms with van der Waals surface area (Å²) in [6.07, 6.45) is 1.74. The molecule has 0 radical (unpaired) electrons. The summed E-state index contributed by atoms with van der Waals surface area (Å²) in [4.78, 5) is 37.7. The average Bonchev–Trinajstić information content (AvgIpc) is 3.51. The standard InChI is InChI=1S/C28H22N4O4S/c1-14-12-15(2)22-19(13-14)37-28(30-22)32-24(17-7-9-18(33)10-8-17)21(26(35)27(32)36)25(34)23-16(3)29-20-6-4-5-11-31(20)23/h4-13,24,33-34H,1-3H3. The molecule has 1 saturated heterocycles. The summed E-state index contributed by atoms with van der Waals surface area (Å²) in [5.74, 6) is -1.86. The number of anilines is 1. The van der Waals surface area contributed by atoms with Crippen molar-refractivity contribution in [3.8, 4) is 5.75 Å². The number of fused-ring (bicyclic) bond motifs is 2. The Labute approximate surface area is 215 Å². The van der Waals surface area contributed by atoms with Crippen LogP contribution in [0.1, 0.15) is 34.1 Å². The van der Waals surface area contributed by atoms with Gasteiger partial charge in [-0.25, -0.2) is 9.97 Å². The normalized spacial score (nSPS) is 17.4. The van der Waals surface area contributed by atoms with Crippen molar-refractivity contribution in [2.75, 3.05) is 4.90 Å². The first kappa shape index (κ1) is 22.9. The Morgan fingerprint density at radius 1 is 1.00 bits per heavy atom. The number of pyridine rings is 1. The topological polar surface area (TPSA) is 108 Å². The Balaban J connectivity index is 1.62. The van der Waals surface area contributed by atoms with E-state index in [-0.39, 0.29) is 17.1 Å². The zero-order valence-corrected chi connectivity index (χ0v) is 21.1. The summed E-state index contributed by atoms with van der Waals surface area (Å²) in [6, 6.07) is 14.7. The van der Waals surface area contributed by atoms with Gasteiger partial charge in [0.15, 0.2) is 10.9 Å². The number of phenolic OH excluding ortho intramolecular Hbond substituents is 1. The van der Waals surface area contributed by atoms with Gasteiger partial charge in [0.2, 0.25) is 0 Å². The molecule has 4 heterocycles. The van der Waals surface area contributed by atoms with Gasteiger partial charge < -0.3 is 10.2 Å². The minimum absolute atomic E-state index is 0.0458. The SMILES string of the molecule is Cc1cc(C)c2nc(N3C(=O)C(=O)C(=C(O)c4c(C)nc5ccccn45)C3c3ccc(O)cc3)sc2c1. The number of phenols is 1. The molecule has 8 nitrogen and oxygen atoms in total. The van der Waals surface area contributed by atoms with Crippen LogP contribution in [0, 0.1) is 20.8 Å². The van der Waals surface area contributed by atoms with Crippen LogP contribution in [-0.2, 0) is 9.59 Å². The first-order valence-corrected chi connectivity index (χ1v) is 12.5. The number of imidazole rings is 1. The molecule has 37 heavy (non-hydrogen) atoms. The van der Waals surface area contributed by atoms with E-state index < -0.39 is 17.7 Å². The Morgan fingerprint density at radius 2 is 1.76 bits per heavy atom. The van der Waals surface area contributed by atoms with Gasteiger partial charge in [0.05, 0.1) is 27.5 Å². The maximum Gasteiger partial charge on any atom is 0.301 e. The third kappa shape index (κ3) is 3.50. The summed E-state index contributed by atoms with van der Waals surface area (Å²) in [5.41, 5.74) is 4.76. The van der Waals surface area contributed by atoms with Gasteiger partial charge in [-0.05, 0) is 67.8 Å². The molecule has 184 valence electrons. The number of hydrogen-bond donors (Lipinski definition) is 2. The monoisotopic (exact) mass is 510 g/mol. The van der Waals surface area contributed by atoms with Crippen molar-refractivity contribution < 1.29 is 19.8 Å². The summed E-state index contributed by atoms with van der Waals surface area (Å²) in [7, 11) is 0. The number of aliphatic hydroxyl groups is 1. The zero-order chi connectivity index (χ0) is 26.0. The van der Waals surface area contributed by atoms with Gasteiger partial charge in [0.1, 0.15) is 17.1 Å². The Hall–Kier alpha value is -4.50. The molecule has 6 rings (SSSR count). The molecule has 5 aromatic rings. The molecule has 1 unspecified atom stereocenters. The van der Waals surface area contributed by atoms with Gasteiger partial charge in [-0.3, -0.25) is 18.9 Å². The molecule has 1 fully saturated rings. The first-order valence-electron chi connectivity index (χ1n) is 11.7. The molecule has 3 aromatic heterocycles. The van der Waals surface area contributed by atoms with Crippen molar-refractivity contribution in [2.45, 2.75) is 26.8 Å². The fraction of sp³-hybridized carbons (Fsp3) is 0.143. The van der Waals surface area contributed by atoms with E-state index in [4.69, 9.17) is 4.98 Å². The second-order valence-electron chi connectivity index (χ2n) is 9.16. The summed E-state index contributed by atoms with van der Waals surface area (Å²) in [5, 5.41) is 21.8. The number of aliphatic hydroxyl groups excluding tert-OH is 1. The number of amides is 1. The predicted molar refractivity (Wildman–Crippen MR) is 142 cm³/mol. The second-order valence-corrected chi connectivity index (χ2v) is 10.2. The predicted octanol–water partition coefficient (Wildman–Crippen LogP) is 5.20. The van der Waals surface area contributed by atoms with Gasteiger partial charge in [-0.15, -0.1) is 0 Å². The van der Waals surface area contributed by atoms with Crippen molar-refractivity contribution >= 4 is 49.8 Å². The molecular weight excluding hydrogens is 488 g/mol. The number of hydrogen-bond acceptors (Lipinski definition) is 7. The highest BCUT2D eigenvalue weighted by Crippen LogP contribution is 2.45. The van der Waals surface area contributed by atoms with Crippen molar-refractivity contribution in [1.82, 2.24) is 14.4 Å². The number of benzene rings is 2. The average molecular weight is 511 g/mol. The number of nitrogens with zero attached hydrogens (tertiary/aromatic N) is 4. The first-order chi connectivity index (χ1) is 17.7. The Kier molecular flexibility index (Phi) is 5.13. The molecule has 1 aliphatic rings.